The van der Waals surface area contributed by atoms with E-state index in [4.69, 9.17) is 14.6 Å². The lowest BCUT2D eigenvalue weighted by Gasteiger charge is -2.26. The van der Waals surface area contributed by atoms with Crippen molar-refractivity contribution in [3.63, 3.8) is 0 Å². The first-order valence-corrected chi connectivity index (χ1v) is 10.3. The largest absolute Gasteiger partial charge is 0.485 e. The topological polar surface area (TPSA) is 110 Å². The molecule has 1 aliphatic rings. The smallest absolute Gasteiger partial charge is 0.405 e. The fourth-order valence-electron chi connectivity index (χ4n) is 3.47. The first-order chi connectivity index (χ1) is 15.5. The third kappa shape index (κ3) is 5.15. The second kappa shape index (κ2) is 9.38. The Morgan fingerprint density at radius 1 is 1.16 bits per heavy atom. The maximum atomic E-state index is 12.0. The molecule has 0 saturated carbocycles. The summed E-state index contributed by atoms with van der Waals surface area (Å²) >= 11 is 0. The van der Waals surface area contributed by atoms with Gasteiger partial charge in [-0.05, 0) is 55.2 Å². The molecule has 1 aliphatic heterocycles. The SMILES string of the molecule is C[C@H](NC(=O)O)C(=O)Nc1ccc(Oc2ccc3c(c2)CCC(c2ccccc2)O3)nc1. The van der Waals surface area contributed by atoms with Crippen LogP contribution in [-0.4, -0.2) is 28.1 Å². The number of hydrogen-bond acceptors (Lipinski definition) is 5. The molecule has 0 radical (unpaired) electrons. The van der Waals surface area contributed by atoms with Gasteiger partial charge >= 0.3 is 6.09 Å². The number of nitrogens with one attached hydrogen (secondary N) is 2. The monoisotopic (exact) mass is 433 g/mol. The summed E-state index contributed by atoms with van der Waals surface area (Å²) in [7, 11) is 0. The predicted molar refractivity (Wildman–Crippen MR) is 118 cm³/mol. The van der Waals surface area contributed by atoms with Gasteiger partial charge in [-0.15, -0.1) is 0 Å². The molecule has 2 aromatic carbocycles. The van der Waals surface area contributed by atoms with Crippen LogP contribution in [-0.2, 0) is 11.2 Å². The molecular weight excluding hydrogens is 410 g/mol. The summed E-state index contributed by atoms with van der Waals surface area (Å²) in [6.07, 6.45) is 2.01. The summed E-state index contributed by atoms with van der Waals surface area (Å²) in [6, 6.07) is 18.3. The van der Waals surface area contributed by atoms with Gasteiger partial charge in [-0.25, -0.2) is 9.78 Å². The van der Waals surface area contributed by atoms with E-state index in [9.17, 15) is 9.59 Å². The number of amides is 2. The van der Waals surface area contributed by atoms with Gasteiger partial charge in [-0.1, -0.05) is 30.3 Å². The average Bonchev–Trinajstić information content (AvgIpc) is 2.80. The molecule has 0 spiro atoms. The molecule has 0 fully saturated rings. The number of benzene rings is 2. The van der Waals surface area contributed by atoms with Crippen molar-refractivity contribution in [1.29, 1.82) is 0 Å². The summed E-state index contributed by atoms with van der Waals surface area (Å²) in [5.41, 5.74) is 2.69. The van der Waals surface area contributed by atoms with Crippen molar-refractivity contribution in [3.8, 4) is 17.4 Å². The van der Waals surface area contributed by atoms with Gasteiger partial charge in [-0.2, -0.15) is 0 Å². The Morgan fingerprint density at radius 3 is 2.69 bits per heavy atom. The molecule has 2 amide bonds. The number of aromatic nitrogens is 1. The lowest BCUT2D eigenvalue weighted by Crippen LogP contribution is -2.40. The van der Waals surface area contributed by atoms with Crippen LogP contribution in [0.15, 0.2) is 66.9 Å². The highest BCUT2D eigenvalue weighted by Gasteiger charge is 2.21. The number of carbonyl (C=O) groups is 2. The van der Waals surface area contributed by atoms with E-state index in [0.29, 0.717) is 17.3 Å². The molecule has 1 unspecified atom stereocenters. The molecule has 2 atom stereocenters. The van der Waals surface area contributed by atoms with Gasteiger partial charge in [0.05, 0.1) is 11.9 Å². The Bertz CT molecular complexity index is 1100. The quantitative estimate of drug-likeness (QED) is 0.527. The molecular formula is C24H23N3O5. The van der Waals surface area contributed by atoms with Crippen LogP contribution in [0.1, 0.15) is 30.6 Å². The van der Waals surface area contributed by atoms with Crippen molar-refractivity contribution >= 4 is 17.7 Å². The summed E-state index contributed by atoms with van der Waals surface area (Å²) in [4.78, 5) is 26.8. The zero-order valence-electron chi connectivity index (χ0n) is 17.4. The van der Waals surface area contributed by atoms with Crippen LogP contribution in [0.25, 0.3) is 0 Å². The van der Waals surface area contributed by atoms with Gasteiger partial charge in [-0.3, -0.25) is 4.79 Å². The fourth-order valence-corrected chi connectivity index (χ4v) is 3.47. The van der Waals surface area contributed by atoms with Gasteiger partial charge in [0.2, 0.25) is 11.8 Å². The Hall–Kier alpha value is -4.07. The number of carbonyl (C=O) groups excluding carboxylic acids is 1. The highest BCUT2D eigenvalue weighted by atomic mass is 16.5. The minimum atomic E-state index is -1.26. The van der Waals surface area contributed by atoms with Crippen molar-refractivity contribution in [2.45, 2.75) is 31.9 Å². The van der Waals surface area contributed by atoms with Crippen LogP contribution in [0.3, 0.4) is 0 Å². The van der Waals surface area contributed by atoms with E-state index in [-0.39, 0.29) is 6.10 Å². The van der Waals surface area contributed by atoms with E-state index in [1.807, 2.05) is 36.4 Å². The van der Waals surface area contributed by atoms with Gasteiger partial charge in [0.25, 0.3) is 0 Å². The number of hydrogen-bond donors (Lipinski definition) is 3. The molecule has 8 nitrogen and oxygen atoms in total. The zero-order chi connectivity index (χ0) is 22.5. The molecule has 0 aliphatic carbocycles. The van der Waals surface area contributed by atoms with Crippen molar-refractivity contribution in [2.75, 3.05) is 5.32 Å². The summed E-state index contributed by atoms with van der Waals surface area (Å²) in [5.74, 6) is 1.39. The van der Waals surface area contributed by atoms with Gasteiger partial charge < -0.3 is 25.2 Å². The molecule has 3 aromatic rings. The fraction of sp³-hybridized carbons (Fsp3) is 0.208. The molecule has 0 bridgehead atoms. The predicted octanol–water partition coefficient (Wildman–Crippen LogP) is 4.53. The Kier molecular flexibility index (Phi) is 6.21. The minimum absolute atomic E-state index is 0.0494. The molecule has 164 valence electrons. The summed E-state index contributed by atoms with van der Waals surface area (Å²) in [5, 5.41) is 13.4. The van der Waals surface area contributed by atoms with Gasteiger partial charge in [0.1, 0.15) is 23.6 Å². The lowest BCUT2D eigenvalue weighted by molar-refractivity contribution is -0.117. The highest BCUT2D eigenvalue weighted by Crippen LogP contribution is 2.37. The van der Waals surface area contributed by atoms with Crippen LogP contribution in [0, 0.1) is 0 Å². The molecule has 8 heteroatoms. The van der Waals surface area contributed by atoms with Crippen LogP contribution in [0.2, 0.25) is 0 Å². The van der Waals surface area contributed by atoms with Crippen LogP contribution in [0.4, 0.5) is 10.5 Å². The molecule has 4 rings (SSSR count). The number of fused-ring (bicyclic) bond motifs is 1. The number of nitrogens with zero attached hydrogens (tertiary/aromatic N) is 1. The third-order valence-electron chi connectivity index (χ3n) is 5.11. The second-order valence-corrected chi connectivity index (χ2v) is 7.47. The Balaban J connectivity index is 1.37. The van der Waals surface area contributed by atoms with Gasteiger partial charge in [0, 0.05) is 6.07 Å². The highest BCUT2D eigenvalue weighted by molar-refractivity contribution is 5.95. The molecule has 32 heavy (non-hydrogen) atoms. The average molecular weight is 433 g/mol. The number of pyridine rings is 1. The van der Waals surface area contributed by atoms with E-state index in [2.05, 4.69) is 27.8 Å². The zero-order valence-corrected chi connectivity index (χ0v) is 17.4. The molecule has 3 N–H and O–H groups in total. The summed E-state index contributed by atoms with van der Waals surface area (Å²) in [6.45, 7) is 1.45. The standard InChI is InChI=1S/C24H23N3O5/c1-15(26-24(29)30)23(28)27-18-8-12-22(25-14-18)31-19-9-11-21-17(13-19)7-10-20(32-21)16-5-3-2-4-6-16/h2-6,8-9,11-15,20,26H,7,10H2,1H3,(H,27,28)(H,29,30)/t15-,20?/m0/s1. The first kappa shape index (κ1) is 21.2. The van der Waals surface area contributed by atoms with Crippen LogP contribution in [0.5, 0.6) is 17.4 Å². The van der Waals surface area contributed by atoms with Gasteiger partial charge in [0.15, 0.2) is 0 Å². The maximum Gasteiger partial charge on any atom is 0.405 e. The number of anilines is 1. The van der Waals surface area contributed by atoms with Crippen LogP contribution < -0.4 is 20.1 Å². The summed E-state index contributed by atoms with van der Waals surface area (Å²) < 4.78 is 12.0. The Morgan fingerprint density at radius 2 is 1.97 bits per heavy atom. The van der Waals surface area contributed by atoms with E-state index in [0.717, 1.165) is 24.2 Å². The van der Waals surface area contributed by atoms with Crippen molar-refractivity contribution < 1.29 is 24.2 Å². The normalized spacial score (nSPS) is 15.6. The van der Waals surface area contributed by atoms with E-state index in [1.165, 1.54) is 18.7 Å². The van der Waals surface area contributed by atoms with Crippen molar-refractivity contribution in [1.82, 2.24) is 10.3 Å². The Labute approximate surface area is 185 Å². The molecule has 2 heterocycles. The second-order valence-electron chi connectivity index (χ2n) is 7.47. The van der Waals surface area contributed by atoms with Crippen molar-refractivity contribution in [2.24, 2.45) is 0 Å². The van der Waals surface area contributed by atoms with Crippen LogP contribution >= 0.6 is 0 Å². The van der Waals surface area contributed by atoms with E-state index < -0.39 is 18.0 Å². The number of aryl methyl sites for hydroxylation is 1. The number of carboxylic acid groups (broad SMARTS) is 1. The number of rotatable bonds is 6. The third-order valence-corrected chi connectivity index (χ3v) is 5.11. The van der Waals surface area contributed by atoms with E-state index in [1.54, 1.807) is 12.1 Å². The molecule has 1 aromatic heterocycles. The number of ether oxygens (including phenoxy) is 2. The minimum Gasteiger partial charge on any atom is -0.485 e. The first-order valence-electron chi connectivity index (χ1n) is 10.3. The van der Waals surface area contributed by atoms with Crippen molar-refractivity contribution in [3.05, 3.63) is 78.0 Å². The maximum absolute atomic E-state index is 12.0. The molecule has 0 saturated heterocycles. The van der Waals surface area contributed by atoms with E-state index >= 15 is 0 Å². The lowest BCUT2D eigenvalue weighted by atomic mass is 9.97.